The van der Waals surface area contributed by atoms with Gasteiger partial charge in [0, 0.05) is 5.75 Å². The number of aromatic nitrogens is 1. The number of allylic oxidation sites excluding steroid dienone is 1. The van der Waals surface area contributed by atoms with Gasteiger partial charge in [-0.3, -0.25) is 0 Å². The summed E-state index contributed by atoms with van der Waals surface area (Å²) in [6.45, 7) is 5.80. The van der Waals surface area contributed by atoms with E-state index in [0.29, 0.717) is 10.6 Å². The number of thioether (sulfide) groups is 1. The van der Waals surface area contributed by atoms with Crippen LogP contribution in [0.2, 0.25) is 0 Å². The predicted octanol–water partition coefficient (Wildman–Crippen LogP) is 3.21. The second-order valence-electron chi connectivity index (χ2n) is 3.29. The van der Waals surface area contributed by atoms with Gasteiger partial charge >= 0.3 is 5.97 Å². The minimum Gasteiger partial charge on any atom is -0.477 e. The van der Waals surface area contributed by atoms with Gasteiger partial charge in [-0.05, 0) is 20.8 Å². The number of aryl methyl sites for hydroxylation is 1. The molecule has 0 aromatic carbocycles. The van der Waals surface area contributed by atoms with E-state index in [1.54, 1.807) is 18.7 Å². The molecule has 5 heteroatoms. The van der Waals surface area contributed by atoms with Gasteiger partial charge in [0.1, 0.15) is 4.88 Å². The summed E-state index contributed by atoms with van der Waals surface area (Å²) >= 11 is 2.81. The Morgan fingerprint density at radius 1 is 1.60 bits per heavy atom. The van der Waals surface area contributed by atoms with Gasteiger partial charge in [0.15, 0.2) is 4.34 Å². The average Bonchev–Trinajstić information content (AvgIpc) is 2.46. The highest BCUT2D eigenvalue weighted by Crippen LogP contribution is 2.27. The van der Waals surface area contributed by atoms with Crippen molar-refractivity contribution in [1.82, 2.24) is 4.98 Å². The Kier molecular flexibility index (Phi) is 4.35. The molecule has 0 aliphatic heterocycles. The van der Waals surface area contributed by atoms with Crippen LogP contribution in [0.3, 0.4) is 0 Å². The Hall–Kier alpha value is -0.810. The number of carboxylic acids is 1. The zero-order valence-electron chi connectivity index (χ0n) is 8.90. The third-order valence-corrected chi connectivity index (χ3v) is 3.88. The maximum atomic E-state index is 10.8. The van der Waals surface area contributed by atoms with Crippen LogP contribution in [0.15, 0.2) is 16.0 Å². The summed E-state index contributed by atoms with van der Waals surface area (Å²) in [6.07, 6.45) is 2.10. The molecule has 0 aliphatic carbocycles. The Morgan fingerprint density at radius 2 is 2.27 bits per heavy atom. The lowest BCUT2D eigenvalue weighted by Crippen LogP contribution is -1.94. The molecule has 1 heterocycles. The number of rotatable bonds is 4. The van der Waals surface area contributed by atoms with Gasteiger partial charge in [-0.1, -0.05) is 23.4 Å². The largest absolute Gasteiger partial charge is 0.477 e. The van der Waals surface area contributed by atoms with Gasteiger partial charge < -0.3 is 5.11 Å². The lowest BCUT2D eigenvalue weighted by Gasteiger charge is -1.91. The maximum Gasteiger partial charge on any atom is 0.347 e. The van der Waals surface area contributed by atoms with E-state index in [9.17, 15) is 4.79 Å². The molecule has 0 bridgehead atoms. The Bertz CT molecular complexity index is 392. The van der Waals surface area contributed by atoms with Gasteiger partial charge in [0.2, 0.25) is 0 Å². The molecule has 0 atom stereocenters. The average molecular weight is 243 g/mol. The number of hydrogen-bond donors (Lipinski definition) is 1. The second kappa shape index (κ2) is 5.32. The molecule has 0 aliphatic rings. The van der Waals surface area contributed by atoms with E-state index < -0.39 is 5.97 Å². The van der Waals surface area contributed by atoms with Crippen molar-refractivity contribution in [3.63, 3.8) is 0 Å². The third kappa shape index (κ3) is 3.68. The third-order valence-electron chi connectivity index (χ3n) is 1.67. The molecule has 0 fully saturated rings. The summed E-state index contributed by atoms with van der Waals surface area (Å²) < 4.78 is 0.822. The summed E-state index contributed by atoms with van der Waals surface area (Å²) in [7, 11) is 0. The Balaban J connectivity index is 2.68. The molecule has 0 saturated carbocycles. The summed E-state index contributed by atoms with van der Waals surface area (Å²) in [5, 5.41) is 8.84. The highest BCUT2D eigenvalue weighted by Gasteiger charge is 2.13. The minimum atomic E-state index is -0.890. The van der Waals surface area contributed by atoms with Crippen LogP contribution in [-0.4, -0.2) is 21.8 Å². The summed E-state index contributed by atoms with van der Waals surface area (Å²) in [5.41, 5.74) is 1.86. The Labute approximate surface area is 97.2 Å². The zero-order valence-corrected chi connectivity index (χ0v) is 10.5. The first-order valence-electron chi connectivity index (χ1n) is 4.47. The molecule has 15 heavy (non-hydrogen) atoms. The number of nitrogens with zero attached hydrogens (tertiary/aromatic N) is 1. The van der Waals surface area contributed by atoms with E-state index in [1.807, 2.05) is 13.8 Å². The summed E-state index contributed by atoms with van der Waals surface area (Å²) in [5.74, 6) is -0.0481. The molecule has 0 amide bonds. The van der Waals surface area contributed by atoms with E-state index in [-0.39, 0.29) is 0 Å². The van der Waals surface area contributed by atoms with Crippen molar-refractivity contribution in [3.05, 3.63) is 22.2 Å². The highest BCUT2D eigenvalue weighted by molar-refractivity contribution is 8.01. The van der Waals surface area contributed by atoms with Crippen molar-refractivity contribution in [2.75, 3.05) is 5.75 Å². The van der Waals surface area contributed by atoms with Crippen LogP contribution in [0.25, 0.3) is 0 Å². The smallest absolute Gasteiger partial charge is 0.347 e. The van der Waals surface area contributed by atoms with E-state index in [2.05, 4.69) is 11.1 Å². The second-order valence-corrected chi connectivity index (χ2v) is 5.56. The van der Waals surface area contributed by atoms with Crippen molar-refractivity contribution in [2.45, 2.75) is 25.1 Å². The van der Waals surface area contributed by atoms with Crippen LogP contribution < -0.4 is 0 Å². The first-order chi connectivity index (χ1) is 7.00. The first-order valence-corrected chi connectivity index (χ1v) is 6.28. The first kappa shape index (κ1) is 12.3. The van der Waals surface area contributed by atoms with Gasteiger partial charge in [0.05, 0.1) is 5.69 Å². The van der Waals surface area contributed by atoms with Gasteiger partial charge in [-0.25, -0.2) is 9.78 Å². The molecule has 82 valence electrons. The lowest BCUT2D eigenvalue weighted by atomic mass is 10.3. The molecular formula is C10H13NO2S2. The fraction of sp³-hybridized carbons (Fsp3) is 0.400. The van der Waals surface area contributed by atoms with E-state index in [1.165, 1.54) is 16.9 Å². The van der Waals surface area contributed by atoms with Crippen LogP contribution in [0, 0.1) is 6.92 Å². The van der Waals surface area contributed by atoms with Crippen LogP contribution in [0.5, 0.6) is 0 Å². The molecule has 0 saturated heterocycles. The number of aromatic carboxylic acids is 1. The number of carboxylic acid groups (broad SMARTS) is 1. The maximum absolute atomic E-state index is 10.8. The molecule has 0 spiro atoms. The van der Waals surface area contributed by atoms with Crippen LogP contribution in [0.4, 0.5) is 0 Å². The molecule has 0 unspecified atom stereocenters. The van der Waals surface area contributed by atoms with Crippen molar-refractivity contribution in [2.24, 2.45) is 0 Å². The quantitative estimate of drug-likeness (QED) is 0.651. The number of hydrogen-bond acceptors (Lipinski definition) is 4. The van der Waals surface area contributed by atoms with Gasteiger partial charge in [-0.15, -0.1) is 11.3 Å². The van der Waals surface area contributed by atoms with Gasteiger partial charge in [0.25, 0.3) is 0 Å². The van der Waals surface area contributed by atoms with Crippen molar-refractivity contribution >= 4 is 29.1 Å². The summed E-state index contributed by atoms with van der Waals surface area (Å²) in [4.78, 5) is 15.3. The Morgan fingerprint density at radius 3 is 2.73 bits per heavy atom. The molecule has 3 nitrogen and oxygen atoms in total. The molecular weight excluding hydrogens is 230 g/mol. The monoisotopic (exact) mass is 243 g/mol. The SMILES string of the molecule is CC(C)=CCSc1nc(C)c(C(=O)O)s1. The zero-order chi connectivity index (χ0) is 11.4. The summed E-state index contributed by atoms with van der Waals surface area (Å²) in [6, 6.07) is 0. The molecule has 1 rings (SSSR count). The number of thiazole rings is 1. The van der Waals surface area contributed by atoms with E-state index in [0.717, 1.165) is 10.1 Å². The topological polar surface area (TPSA) is 50.2 Å². The highest BCUT2D eigenvalue weighted by atomic mass is 32.2. The van der Waals surface area contributed by atoms with Crippen LogP contribution in [-0.2, 0) is 0 Å². The van der Waals surface area contributed by atoms with Gasteiger partial charge in [-0.2, -0.15) is 0 Å². The fourth-order valence-electron chi connectivity index (χ4n) is 0.911. The van der Waals surface area contributed by atoms with Crippen molar-refractivity contribution in [3.8, 4) is 0 Å². The standard InChI is InChI=1S/C10H13NO2S2/c1-6(2)4-5-14-10-11-7(3)8(15-10)9(12)13/h4H,5H2,1-3H3,(H,12,13). The van der Waals surface area contributed by atoms with Crippen LogP contribution in [0.1, 0.15) is 29.2 Å². The fourth-order valence-corrected chi connectivity index (χ4v) is 3.00. The molecule has 1 aromatic rings. The number of carbonyl (C=O) groups is 1. The van der Waals surface area contributed by atoms with Crippen molar-refractivity contribution in [1.29, 1.82) is 0 Å². The molecule has 1 N–H and O–H groups in total. The van der Waals surface area contributed by atoms with E-state index >= 15 is 0 Å². The molecule has 0 radical (unpaired) electrons. The molecule has 1 aromatic heterocycles. The minimum absolute atomic E-state index is 0.342. The van der Waals surface area contributed by atoms with Crippen LogP contribution >= 0.6 is 23.1 Å². The van der Waals surface area contributed by atoms with E-state index in [4.69, 9.17) is 5.11 Å². The predicted molar refractivity (Wildman–Crippen MR) is 64.0 cm³/mol. The lowest BCUT2D eigenvalue weighted by molar-refractivity contribution is 0.0701. The van der Waals surface area contributed by atoms with Crippen molar-refractivity contribution < 1.29 is 9.90 Å². The normalized spacial score (nSPS) is 10.1.